The van der Waals surface area contributed by atoms with Crippen molar-refractivity contribution in [3.63, 3.8) is 0 Å². The molecule has 2 saturated heterocycles. The molecule has 1 aromatic rings. The third-order valence-corrected chi connectivity index (χ3v) is 5.32. The van der Waals surface area contributed by atoms with Crippen molar-refractivity contribution >= 4 is 11.9 Å². The number of methoxy groups -OCH3 is 1. The van der Waals surface area contributed by atoms with Gasteiger partial charge in [-0.05, 0) is 13.0 Å². The van der Waals surface area contributed by atoms with Crippen molar-refractivity contribution in [3.05, 3.63) is 35.1 Å². The molecule has 0 bridgehead atoms. The van der Waals surface area contributed by atoms with E-state index in [-0.39, 0.29) is 30.8 Å². The molecule has 0 aliphatic carbocycles. The fourth-order valence-corrected chi connectivity index (χ4v) is 4.06. The Morgan fingerprint density at radius 2 is 2.12 bits per heavy atom. The number of aliphatic carboxylic acids is 1. The van der Waals surface area contributed by atoms with Crippen LogP contribution in [0.3, 0.4) is 0 Å². The summed E-state index contributed by atoms with van der Waals surface area (Å²) in [6.45, 7) is 3.68. The van der Waals surface area contributed by atoms with Crippen molar-refractivity contribution in [1.82, 2.24) is 9.80 Å². The van der Waals surface area contributed by atoms with E-state index < -0.39 is 11.4 Å². The minimum Gasteiger partial charge on any atom is -0.481 e. The normalized spacial score (nSPS) is 26.0. The van der Waals surface area contributed by atoms with E-state index in [1.165, 1.54) is 13.2 Å². The van der Waals surface area contributed by atoms with Crippen molar-refractivity contribution in [2.45, 2.75) is 13.5 Å². The Morgan fingerprint density at radius 3 is 2.76 bits per heavy atom. The van der Waals surface area contributed by atoms with Gasteiger partial charge in [0.25, 0.3) is 0 Å². The Kier molecular flexibility index (Phi) is 4.79. The zero-order chi connectivity index (χ0) is 18.2. The quantitative estimate of drug-likeness (QED) is 0.862. The van der Waals surface area contributed by atoms with Crippen molar-refractivity contribution < 1.29 is 23.8 Å². The highest BCUT2D eigenvalue weighted by Crippen LogP contribution is 2.43. The fourth-order valence-electron chi connectivity index (χ4n) is 4.06. The molecule has 3 rings (SSSR count). The smallest absolute Gasteiger partial charge is 0.313 e. The number of nitrogens with zero attached hydrogens (tertiary/aromatic N) is 2. The molecule has 2 atom stereocenters. The molecule has 0 aromatic heterocycles. The molecule has 0 unspecified atom stereocenters. The van der Waals surface area contributed by atoms with E-state index in [4.69, 9.17) is 4.74 Å². The molecule has 6 nitrogen and oxygen atoms in total. The number of halogens is 1. The van der Waals surface area contributed by atoms with Gasteiger partial charge in [0.05, 0.1) is 0 Å². The van der Waals surface area contributed by atoms with E-state index in [0.717, 1.165) is 5.56 Å². The maximum atomic E-state index is 14.0. The van der Waals surface area contributed by atoms with Gasteiger partial charge in [0.15, 0.2) is 0 Å². The predicted octanol–water partition coefficient (Wildman–Crippen LogP) is 1.13. The summed E-state index contributed by atoms with van der Waals surface area (Å²) >= 11 is 0. The van der Waals surface area contributed by atoms with Crippen LogP contribution in [-0.2, 0) is 20.9 Å². The molecule has 0 radical (unpaired) electrons. The van der Waals surface area contributed by atoms with Crippen LogP contribution in [0.15, 0.2) is 18.2 Å². The van der Waals surface area contributed by atoms with E-state index in [9.17, 15) is 19.1 Å². The zero-order valence-corrected chi connectivity index (χ0v) is 14.5. The van der Waals surface area contributed by atoms with E-state index in [0.29, 0.717) is 31.7 Å². The molecule has 1 amide bonds. The van der Waals surface area contributed by atoms with E-state index in [1.807, 2.05) is 11.8 Å². The lowest BCUT2D eigenvalue weighted by atomic mass is 9.81. The Balaban J connectivity index is 1.74. The summed E-state index contributed by atoms with van der Waals surface area (Å²) in [4.78, 5) is 27.6. The summed E-state index contributed by atoms with van der Waals surface area (Å²) in [5.74, 6) is -1.51. The second-order valence-corrected chi connectivity index (χ2v) is 7.13. The van der Waals surface area contributed by atoms with Crippen molar-refractivity contribution in [2.75, 3.05) is 39.9 Å². The van der Waals surface area contributed by atoms with Gasteiger partial charge in [-0.15, -0.1) is 0 Å². The number of ether oxygens (including phenoxy) is 1. The summed E-state index contributed by atoms with van der Waals surface area (Å²) < 4.78 is 18.9. The first kappa shape index (κ1) is 17.8. The average molecular weight is 350 g/mol. The van der Waals surface area contributed by atoms with Crippen LogP contribution in [0.2, 0.25) is 0 Å². The molecule has 2 fully saturated rings. The van der Waals surface area contributed by atoms with Crippen LogP contribution in [-0.4, -0.2) is 66.7 Å². The predicted molar refractivity (Wildman–Crippen MR) is 88.4 cm³/mol. The van der Waals surface area contributed by atoms with Crippen LogP contribution in [0.1, 0.15) is 11.1 Å². The number of carboxylic acid groups (broad SMARTS) is 1. The summed E-state index contributed by atoms with van der Waals surface area (Å²) in [6.07, 6.45) is 0. The van der Waals surface area contributed by atoms with Crippen LogP contribution in [0, 0.1) is 24.1 Å². The monoisotopic (exact) mass is 350 g/mol. The number of likely N-dealkylation sites (tertiary alicyclic amines) is 2. The Hall–Kier alpha value is -1.99. The number of carbonyl (C=O) groups is 2. The van der Waals surface area contributed by atoms with Gasteiger partial charge < -0.3 is 14.7 Å². The molecule has 2 aliphatic rings. The minimum atomic E-state index is -0.982. The van der Waals surface area contributed by atoms with E-state index in [2.05, 4.69) is 0 Å². The van der Waals surface area contributed by atoms with Crippen LogP contribution in [0.25, 0.3) is 0 Å². The van der Waals surface area contributed by atoms with Crippen LogP contribution in [0.5, 0.6) is 0 Å². The first-order valence-electron chi connectivity index (χ1n) is 8.33. The topological polar surface area (TPSA) is 70.1 Å². The maximum Gasteiger partial charge on any atom is 0.313 e. The number of hydrogen-bond donors (Lipinski definition) is 1. The Labute approximate surface area is 146 Å². The lowest BCUT2D eigenvalue weighted by Gasteiger charge is -2.25. The van der Waals surface area contributed by atoms with E-state index >= 15 is 0 Å². The number of benzene rings is 1. The highest BCUT2D eigenvalue weighted by molar-refractivity contribution is 5.82. The number of amides is 1. The summed E-state index contributed by atoms with van der Waals surface area (Å²) in [5, 5.41) is 9.82. The second-order valence-electron chi connectivity index (χ2n) is 7.13. The Bertz CT molecular complexity index is 696. The molecule has 2 heterocycles. The van der Waals surface area contributed by atoms with Crippen LogP contribution in [0.4, 0.5) is 4.39 Å². The first-order valence-corrected chi connectivity index (χ1v) is 8.33. The van der Waals surface area contributed by atoms with Crippen molar-refractivity contribution in [3.8, 4) is 0 Å². The highest BCUT2D eigenvalue weighted by Gasteiger charge is 2.58. The van der Waals surface area contributed by atoms with Gasteiger partial charge >= 0.3 is 5.97 Å². The first-order chi connectivity index (χ1) is 11.9. The molecule has 25 heavy (non-hydrogen) atoms. The standard InChI is InChI=1S/C18H23FN2O4/c1-12-3-4-15(19)13(5-12)6-20-7-14-8-21(16(22)9-25-2)11-18(14,10-20)17(23)24/h3-5,14H,6-11H2,1-2H3,(H,23,24)/t14-,18-/m0/s1. The molecule has 0 saturated carbocycles. The zero-order valence-electron chi connectivity index (χ0n) is 14.5. The van der Waals surface area contributed by atoms with Gasteiger partial charge in [0.2, 0.25) is 5.91 Å². The Morgan fingerprint density at radius 1 is 1.36 bits per heavy atom. The van der Waals surface area contributed by atoms with E-state index in [1.54, 1.807) is 17.0 Å². The largest absolute Gasteiger partial charge is 0.481 e. The third-order valence-electron chi connectivity index (χ3n) is 5.32. The molecule has 1 aromatic carbocycles. The molecule has 136 valence electrons. The molecule has 2 aliphatic heterocycles. The van der Waals surface area contributed by atoms with Gasteiger partial charge in [-0.25, -0.2) is 4.39 Å². The number of aryl methyl sites for hydroxylation is 1. The second kappa shape index (κ2) is 6.72. The van der Waals surface area contributed by atoms with Gasteiger partial charge in [0.1, 0.15) is 17.8 Å². The molecule has 1 N–H and O–H groups in total. The lowest BCUT2D eigenvalue weighted by molar-refractivity contribution is -0.149. The maximum absolute atomic E-state index is 14.0. The fraction of sp³-hybridized carbons (Fsp3) is 0.556. The van der Waals surface area contributed by atoms with Gasteiger partial charge in [-0.2, -0.15) is 0 Å². The highest BCUT2D eigenvalue weighted by atomic mass is 19.1. The van der Waals surface area contributed by atoms with Gasteiger partial charge in [-0.3, -0.25) is 14.5 Å². The molecular formula is C18H23FN2O4. The van der Waals surface area contributed by atoms with Gasteiger partial charge in [0, 0.05) is 51.3 Å². The van der Waals surface area contributed by atoms with Crippen LogP contribution >= 0.6 is 0 Å². The number of fused-ring (bicyclic) bond motifs is 1. The third kappa shape index (κ3) is 3.26. The van der Waals surface area contributed by atoms with Crippen molar-refractivity contribution in [2.24, 2.45) is 11.3 Å². The lowest BCUT2D eigenvalue weighted by Crippen LogP contribution is -2.42. The van der Waals surface area contributed by atoms with Crippen molar-refractivity contribution in [1.29, 1.82) is 0 Å². The summed E-state index contributed by atoms with van der Waals surface area (Å²) in [7, 11) is 1.44. The SMILES string of the molecule is COCC(=O)N1C[C@@H]2CN(Cc3cc(C)ccc3F)C[C@]2(C(=O)O)C1. The minimum absolute atomic E-state index is 0.0410. The molecule has 7 heteroatoms. The molecule has 0 spiro atoms. The molecular weight excluding hydrogens is 327 g/mol. The average Bonchev–Trinajstić information content (AvgIpc) is 3.06. The summed E-state index contributed by atoms with van der Waals surface area (Å²) in [6, 6.07) is 4.96. The number of carboxylic acids is 1. The van der Waals surface area contributed by atoms with Crippen LogP contribution < -0.4 is 0 Å². The number of rotatable bonds is 5. The van der Waals surface area contributed by atoms with Gasteiger partial charge in [-0.1, -0.05) is 17.7 Å². The number of hydrogen-bond acceptors (Lipinski definition) is 4. The number of carbonyl (C=O) groups excluding carboxylic acids is 1. The summed E-state index contributed by atoms with van der Waals surface area (Å²) in [5.41, 5.74) is 0.567.